The fourth-order valence-corrected chi connectivity index (χ4v) is 4.16. The summed E-state index contributed by atoms with van der Waals surface area (Å²) in [5.74, 6) is -0.597. The van der Waals surface area contributed by atoms with Gasteiger partial charge >= 0.3 is 0 Å². The molecule has 0 unspecified atom stereocenters. The average Bonchev–Trinajstić information content (AvgIpc) is 2.90. The van der Waals surface area contributed by atoms with Crippen molar-refractivity contribution in [3.05, 3.63) is 45.6 Å². The summed E-state index contributed by atoms with van der Waals surface area (Å²) in [6, 6.07) is 2.70. The number of hydrogen-bond donors (Lipinski definition) is 0. The van der Waals surface area contributed by atoms with Crippen LogP contribution >= 0.6 is 11.6 Å². The van der Waals surface area contributed by atoms with Gasteiger partial charge in [-0.25, -0.2) is 9.07 Å². The summed E-state index contributed by atoms with van der Waals surface area (Å²) >= 11 is 6.46. The van der Waals surface area contributed by atoms with Crippen LogP contribution in [0, 0.1) is 5.82 Å². The molecule has 8 heteroatoms. The Balaban J connectivity index is 1.91. The van der Waals surface area contributed by atoms with Gasteiger partial charge in [-0.1, -0.05) is 23.8 Å². The van der Waals surface area contributed by atoms with Crippen LogP contribution in [0.15, 0.2) is 29.1 Å². The summed E-state index contributed by atoms with van der Waals surface area (Å²) in [5, 5.41) is 0.214. The second-order valence-corrected chi connectivity index (χ2v) is 7.72. The first-order chi connectivity index (χ1) is 13.3. The maximum absolute atomic E-state index is 15.0. The Morgan fingerprint density at radius 2 is 1.96 bits per heavy atom. The van der Waals surface area contributed by atoms with E-state index in [2.05, 4.69) is 6.58 Å². The summed E-state index contributed by atoms with van der Waals surface area (Å²) in [5.41, 5.74) is 1.04. The summed E-state index contributed by atoms with van der Waals surface area (Å²) in [4.78, 5) is 27.0. The molecule has 2 aromatic rings. The third-order valence-electron chi connectivity index (χ3n) is 5.12. The van der Waals surface area contributed by atoms with E-state index in [0.717, 1.165) is 18.4 Å². The standard InChI is InChI=1S/C20H21ClFN3O3/c1-11(2)10-23-15-8-13(14(22)9-16(15)28-12(3)19(23)26)17-18(21)24-6-4-5-7-25(24)20(17)27/h8-9,12H,1,4-7,10H2,2-3H3/t12-/m0/s1. The van der Waals surface area contributed by atoms with Crippen LogP contribution in [0.5, 0.6) is 5.75 Å². The first kappa shape index (κ1) is 18.8. The summed E-state index contributed by atoms with van der Waals surface area (Å²) in [7, 11) is 0. The minimum absolute atomic E-state index is 0.0702. The molecule has 28 heavy (non-hydrogen) atoms. The lowest BCUT2D eigenvalue weighted by molar-refractivity contribution is -0.125. The zero-order valence-electron chi connectivity index (χ0n) is 15.8. The van der Waals surface area contributed by atoms with Gasteiger partial charge in [-0.15, -0.1) is 0 Å². The number of hydrogen-bond acceptors (Lipinski definition) is 3. The molecule has 0 radical (unpaired) electrons. The maximum Gasteiger partial charge on any atom is 0.276 e. The van der Waals surface area contributed by atoms with Gasteiger partial charge in [0.05, 0.1) is 11.3 Å². The number of carbonyl (C=O) groups excluding carboxylic acids is 1. The Kier molecular flexibility index (Phi) is 4.57. The van der Waals surface area contributed by atoms with Crippen LogP contribution in [-0.4, -0.2) is 27.9 Å². The first-order valence-corrected chi connectivity index (χ1v) is 9.62. The Morgan fingerprint density at radius 1 is 1.29 bits per heavy atom. The van der Waals surface area contributed by atoms with Gasteiger partial charge in [0.2, 0.25) is 0 Å². The quantitative estimate of drug-likeness (QED) is 0.733. The van der Waals surface area contributed by atoms with E-state index in [1.165, 1.54) is 17.0 Å². The zero-order valence-corrected chi connectivity index (χ0v) is 16.6. The minimum Gasteiger partial charge on any atom is -0.479 e. The number of nitrogens with zero attached hydrogens (tertiary/aromatic N) is 3. The van der Waals surface area contributed by atoms with Crippen molar-refractivity contribution >= 4 is 23.2 Å². The Bertz CT molecular complexity index is 1060. The SMILES string of the molecule is C=C(C)CN1C(=O)[C@H](C)Oc2cc(F)c(-c3c(Cl)n4n(c3=O)CCCC4)cc21. The van der Waals surface area contributed by atoms with Crippen LogP contribution in [0.1, 0.15) is 26.7 Å². The molecule has 6 nitrogen and oxygen atoms in total. The lowest BCUT2D eigenvalue weighted by Gasteiger charge is -2.33. The van der Waals surface area contributed by atoms with Crippen LogP contribution in [-0.2, 0) is 17.9 Å². The first-order valence-electron chi connectivity index (χ1n) is 9.25. The topological polar surface area (TPSA) is 56.5 Å². The van der Waals surface area contributed by atoms with Crippen molar-refractivity contribution in [2.75, 3.05) is 11.4 Å². The Labute approximate surface area is 166 Å². The molecule has 0 fully saturated rings. The lowest BCUT2D eigenvalue weighted by atomic mass is 10.0. The van der Waals surface area contributed by atoms with Crippen molar-refractivity contribution in [2.45, 2.75) is 45.9 Å². The van der Waals surface area contributed by atoms with Crippen LogP contribution in [0.4, 0.5) is 10.1 Å². The summed E-state index contributed by atoms with van der Waals surface area (Å²) in [6.07, 6.45) is 1.05. The van der Waals surface area contributed by atoms with Crippen molar-refractivity contribution in [1.29, 1.82) is 0 Å². The van der Waals surface area contributed by atoms with Gasteiger partial charge in [0.15, 0.2) is 6.10 Å². The molecule has 2 aliphatic heterocycles. The van der Waals surface area contributed by atoms with Crippen molar-refractivity contribution in [2.24, 2.45) is 0 Å². The molecule has 0 saturated carbocycles. The van der Waals surface area contributed by atoms with Gasteiger partial charge < -0.3 is 9.64 Å². The molecule has 1 atom stereocenters. The number of aromatic nitrogens is 2. The molecule has 1 aromatic carbocycles. The van der Waals surface area contributed by atoms with Crippen molar-refractivity contribution < 1.29 is 13.9 Å². The second kappa shape index (κ2) is 6.81. The highest BCUT2D eigenvalue weighted by Gasteiger charge is 2.34. The fraction of sp³-hybridized carbons (Fsp3) is 0.400. The number of fused-ring (bicyclic) bond motifs is 2. The summed E-state index contributed by atoms with van der Waals surface area (Å²) in [6.45, 7) is 8.73. The van der Waals surface area contributed by atoms with Gasteiger partial charge in [-0.05, 0) is 32.8 Å². The molecule has 2 aliphatic rings. The van der Waals surface area contributed by atoms with Gasteiger partial charge in [0, 0.05) is 31.3 Å². The normalized spacial score (nSPS) is 18.5. The van der Waals surface area contributed by atoms with E-state index in [1.54, 1.807) is 16.3 Å². The predicted octanol–water partition coefficient (Wildman–Crippen LogP) is 3.59. The fourth-order valence-electron chi connectivity index (χ4n) is 3.81. The molecule has 0 bridgehead atoms. The number of halogens is 2. The molecule has 148 valence electrons. The van der Waals surface area contributed by atoms with Crippen LogP contribution in [0.25, 0.3) is 11.1 Å². The monoisotopic (exact) mass is 405 g/mol. The molecular formula is C20H21ClFN3O3. The maximum atomic E-state index is 15.0. The number of ether oxygens (including phenoxy) is 1. The zero-order chi connectivity index (χ0) is 20.2. The number of rotatable bonds is 3. The third-order valence-corrected chi connectivity index (χ3v) is 5.50. The van der Waals surface area contributed by atoms with E-state index in [1.807, 2.05) is 6.92 Å². The molecular weight excluding hydrogens is 385 g/mol. The van der Waals surface area contributed by atoms with Crippen LogP contribution in [0.3, 0.4) is 0 Å². The van der Waals surface area contributed by atoms with Gasteiger partial charge in [0.25, 0.3) is 11.5 Å². The van der Waals surface area contributed by atoms with Crippen molar-refractivity contribution in [1.82, 2.24) is 9.36 Å². The predicted molar refractivity (Wildman–Crippen MR) is 106 cm³/mol. The number of amides is 1. The number of anilines is 1. The lowest BCUT2D eigenvalue weighted by Crippen LogP contribution is -2.45. The largest absolute Gasteiger partial charge is 0.479 e. The van der Waals surface area contributed by atoms with E-state index < -0.39 is 11.9 Å². The Morgan fingerprint density at radius 3 is 2.61 bits per heavy atom. The van der Waals surface area contributed by atoms with Crippen LogP contribution < -0.4 is 15.2 Å². The van der Waals surface area contributed by atoms with Crippen molar-refractivity contribution in [3.63, 3.8) is 0 Å². The molecule has 1 aromatic heterocycles. The molecule has 1 amide bonds. The molecule has 0 saturated heterocycles. The highest BCUT2D eigenvalue weighted by molar-refractivity contribution is 6.32. The molecule has 4 rings (SSSR count). The number of benzene rings is 1. The minimum atomic E-state index is -0.729. The smallest absolute Gasteiger partial charge is 0.276 e. The van der Waals surface area contributed by atoms with Crippen molar-refractivity contribution in [3.8, 4) is 16.9 Å². The highest BCUT2D eigenvalue weighted by Crippen LogP contribution is 2.40. The molecule has 0 spiro atoms. The third kappa shape index (κ3) is 2.85. The van der Waals surface area contributed by atoms with E-state index in [9.17, 15) is 14.0 Å². The van der Waals surface area contributed by atoms with E-state index in [-0.39, 0.29) is 40.0 Å². The van der Waals surface area contributed by atoms with Gasteiger partial charge in [-0.3, -0.25) is 14.3 Å². The Hall–Kier alpha value is -2.54. The van der Waals surface area contributed by atoms with Gasteiger partial charge in [-0.2, -0.15) is 0 Å². The molecule has 0 aliphatic carbocycles. The van der Waals surface area contributed by atoms with E-state index in [4.69, 9.17) is 16.3 Å². The average molecular weight is 406 g/mol. The van der Waals surface area contributed by atoms with E-state index >= 15 is 0 Å². The highest BCUT2D eigenvalue weighted by atomic mass is 35.5. The van der Waals surface area contributed by atoms with Crippen LogP contribution in [0.2, 0.25) is 5.15 Å². The number of carbonyl (C=O) groups is 1. The van der Waals surface area contributed by atoms with E-state index in [0.29, 0.717) is 18.8 Å². The summed E-state index contributed by atoms with van der Waals surface area (Å²) < 4.78 is 23.8. The van der Waals surface area contributed by atoms with Gasteiger partial charge in [0.1, 0.15) is 16.7 Å². The second-order valence-electron chi connectivity index (χ2n) is 7.37. The molecule has 0 N–H and O–H groups in total. The molecule has 3 heterocycles.